The van der Waals surface area contributed by atoms with Crippen molar-refractivity contribution in [3.8, 4) is 0 Å². The molecule has 0 aliphatic rings. The number of ether oxygens (including phenoxy) is 1. The second kappa shape index (κ2) is 8.53. The van der Waals surface area contributed by atoms with E-state index in [-0.39, 0.29) is 36.0 Å². The Kier molecular flexibility index (Phi) is 7.39. The van der Waals surface area contributed by atoms with Crippen LogP contribution in [0, 0.1) is 0 Å². The minimum atomic E-state index is -0.290. The van der Waals surface area contributed by atoms with E-state index < -0.39 is 0 Å². The van der Waals surface area contributed by atoms with E-state index in [2.05, 4.69) is 0 Å². The van der Waals surface area contributed by atoms with Crippen LogP contribution in [-0.2, 0) is 16.0 Å². The monoisotopic (exact) mass is 421 g/mol. The summed E-state index contributed by atoms with van der Waals surface area (Å²) in [5, 5.41) is 4.04. The Balaban J connectivity index is 0.00000200. The van der Waals surface area contributed by atoms with Crippen molar-refractivity contribution < 1.29 is 33.5 Å². The highest BCUT2D eigenvalue weighted by molar-refractivity contribution is 7.24. The van der Waals surface area contributed by atoms with E-state index in [0.717, 1.165) is 9.55 Å². The Morgan fingerprint density at radius 1 is 1.25 bits per heavy atom. The van der Waals surface area contributed by atoms with Crippen LogP contribution in [0.2, 0.25) is 0 Å². The molecule has 3 nitrogen and oxygen atoms in total. The van der Waals surface area contributed by atoms with E-state index >= 15 is 0 Å². The fraction of sp³-hybridized carbons (Fsp3) is 0.286. The summed E-state index contributed by atoms with van der Waals surface area (Å²) >= 11 is 3.27. The third kappa shape index (κ3) is 4.39. The molecule has 20 heavy (non-hydrogen) atoms. The first kappa shape index (κ1) is 17.3. The van der Waals surface area contributed by atoms with Gasteiger partial charge in [-0.15, -0.1) is 0 Å². The van der Waals surface area contributed by atoms with E-state index in [9.17, 15) is 4.79 Å². The highest BCUT2D eigenvalue weighted by Crippen LogP contribution is 2.06. The summed E-state index contributed by atoms with van der Waals surface area (Å²) in [5.41, 5.74) is 1.13. The van der Waals surface area contributed by atoms with Gasteiger partial charge < -0.3 is 28.7 Å². The fourth-order valence-corrected chi connectivity index (χ4v) is 3.66. The molecule has 0 bridgehead atoms. The van der Waals surface area contributed by atoms with Gasteiger partial charge in [-0.2, -0.15) is 0 Å². The molecule has 1 aromatic heterocycles. The highest BCUT2D eigenvalue weighted by Gasteiger charge is 2.29. The second-order valence-electron chi connectivity index (χ2n) is 4.11. The normalized spacial score (nSPS) is 11.3. The third-order valence-electron chi connectivity index (χ3n) is 2.89. The van der Waals surface area contributed by atoms with Gasteiger partial charge in [0.2, 0.25) is 0 Å². The summed E-state index contributed by atoms with van der Waals surface area (Å²) in [4.78, 5) is 12.0. The van der Waals surface area contributed by atoms with Crippen LogP contribution < -0.4 is 32.5 Å². The van der Waals surface area contributed by atoms with Crippen LogP contribution in [0.15, 0.2) is 41.1 Å². The maximum Gasteiger partial charge on any atom is 0.375 e. The van der Waals surface area contributed by atoms with Crippen molar-refractivity contribution in [1.29, 1.82) is 0 Å². The molecule has 0 N–H and O–H groups in total. The number of esters is 1. The number of nitrogens with zero attached hydrogens (tertiary/aromatic N) is 1. The number of benzene rings is 1. The maximum absolute atomic E-state index is 12.0. The van der Waals surface area contributed by atoms with Gasteiger partial charge in [-0.1, -0.05) is 53.0 Å². The van der Waals surface area contributed by atoms with Crippen LogP contribution in [0.1, 0.15) is 5.56 Å². The van der Waals surface area contributed by atoms with Crippen LogP contribution in [0.5, 0.6) is 0 Å². The predicted octanol–water partition coefficient (Wildman–Crippen LogP) is -1.00. The lowest BCUT2D eigenvalue weighted by Gasteiger charge is -2.10. The molecule has 0 aliphatic carbocycles. The number of rotatable bonds is 4. The van der Waals surface area contributed by atoms with Crippen molar-refractivity contribution in [1.82, 2.24) is 4.58 Å². The number of halogens is 1. The summed E-state index contributed by atoms with van der Waals surface area (Å²) in [6.07, 6.45) is 0.647. The molecule has 2 rings (SSSR count). The summed E-state index contributed by atoms with van der Waals surface area (Å²) in [5.74, 6) is -0.202. The number of hydrogen-bond acceptors (Lipinski definition) is 4. The molecule has 1 aromatic carbocycles. The SMILES string of the molecule is COC(=O)C(Cc1ccccc1)[N+](C)=c1sccs1.[I-]. The van der Waals surface area contributed by atoms with Gasteiger partial charge in [0, 0.05) is 17.2 Å². The van der Waals surface area contributed by atoms with Crippen molar-refractivity contribution in [3.05, 3.63) is 50.6 Å². The quantitative estimate of drug-likeness (QED) is 0.360. The van der Waals surface area contributed by atoms with Crippen LogP contribution in [-0.4, -0.2) is 26.2 Å². The number of carbonyl (C=O) groups is 1. The van der Waals surface area contributed by atoms with Crippen molar-refractivity contribution in [3.63, 3.8) is 0 Å². The molecule has 0 aliphatic heterocycles. The van der Waals surface area contributed by atoms with Gasteiger partial charge in [-0.3, -0.25) is 0 Å². The van der Waals surface area contributed by atoms with Gasteiger partial charge in [0.1, 0.15) is 7.05 Å². The van der Waals surface area contributed by atoms with Gasteiger partial charge >= 0.3 is 9.95 Å². The van der Waals surface area contributed by atoms with E-state index in [1.807, 2.05) is 52.7 Å². The summed E-state index contributed by atoms with van der Waals surface area (Å²) < 4.78 is 8.03. The third-order valence-corrected chi connectivity index (χ3v) is 5.17. The molecule has 2 aromatic rings. The Morgan fingerprint density at radius 2 is 1.85 bits per heavy atom. The Morgan fingerprint density at radius 3 is 2.40 bits per heavy atom. The minimum Gasteiger partial charge on any atom is -1.00 e. The molecular formula is C14H16INO2S2. The van der Waals surface area contributed by atoms with Crippen LogP contribution in [0.3, 0.4) is 0 Å². The van der Waals surface area contributed by atoms with Gasteiger partial charge in [-0.25, -0.2) is 9.37 Å². The first-order valence-electron chi connectivity index (χ1n) is 5.92. The lowest BCUT2D eigenvalue weighted by atomic mass is 10.1. The van der Waals surface area contributed by atoms with Gasteiger partial charge in [0.15, 0.2) is 0 Å². The highest BCUT2D eigenvalue weighted by atomic mass is 127. The average Bonchev–Trinajstić information content (AvgIpc) is 2.98. The Bertz CT molecular complexity index is 590. The van der Waals surface area contributed by atoms with Crippen LogP contribution >= 0.6 is 22.7 Å². The zero-order chi connectivity index (χ0) is 13.7. The molecule has 0 spiro atoms. The van der Waals surface area contributed by atoms with E-state index in [1.54, 1.807) is 22.7 Å². The van der Waals surface area contributed by atoms with Gasteiger partial charge in [-0.05, 0) is 5.56 Å². The molecule has 1 heterocycles. The smallest absolute Gasteiger partial charge is 0.375 e. The first-order chi connectivity index (χ1) is 9.22. The van der Waals surface area contributed by atoms with Gasteiger partial charge in [0.05, 0.1) is 7.11 Å². The predicted molar refractivity (Wildman–Crippen MR) is 79.3 cm³/mol. The standard InChI is InChI=1S/C14H16NO2S2.HI/c1-15(14-18-8-9-19-14)12(13(16)17-2)10-11-6-4-3-5-7-11;/h3-9,12H,10H2,1-2H3;1H/q+1;/p-1. The second-order valence-corrected chi connectivity index (χ2v) is 6.16. The van der Waals surface area contributed by atoms with Gasteiger partial charge in [0.25, 0.3) is 6.04 Å². The van der Waals surface area contributed by atoms with E-state index in [1.165, 1.54) is 7.11 Å². The zero-order valence-corrected chi connectivity index (χ0v) is 15.1. The summed E-state index contributed by atoms with van der Waals surface area (Å²) in [6, 6.07) is 9.71. The number of hydrogen-bond donors (Lipinski definition) is 0. The van der Waals surface area contributed by atoms with Crippen molar-refractivity contribution in [2.45, 2.75) is 12.5 Å². The topological polar surface area (TPSA) is 29.3 Å². The molecular weight excluding hydrogens is 405 g/mol. The Labute approximate surface area is 143 Å². The van der Waals surface area contributed by atoms with Crippen molar-refractivity contribution in [2.75, 3.05) is 14.2 Å². The van der Waals surface area contributed by atoms with Crippen LogP contribution in [0.4, 0.5) is 0 Å². The summed E-state index contributed by atoms with van der Waals surface area (Å²) in [7, 11) is 3.37. The van der Waals surface area contributed by atoms with Crippen molar-refractivity contribution in [2.24, 2.45) is 0 Å². The van der Waals surface area contributed by atoms with E-state index in [0.29, 0.717) is 6.42 Å². The van der Waals surface area contributed by atoms with Crippen LogP contribution in [0.25, 0.3) is 0 Å². The summed E-state index contributed by atoms with van der Waals surface area (Å²) in [6.45, 7) is 0. The lowest BCUT2D eigenvalue weighted by Crippen LogP contribution is -3.00. The molecule has 1 atom stereocenters. The Hall–Kier alpha value is -0.730. The molecule has 108 valence electrons. The molecule has 1 unspecified atom stereocenters. The molecule has 0 fully saturated rings. The number of methoxy groups -OCH3 is 1. The minimum absolute atomic E-state index is 0. The molecule has 0 radical (unpaired) electrons. The maximum atomic E-state index is 12.0. The molecule has 0 amide bonds. The fourth-order valence-electron chi connectivity index (χ4n) is 1.85. The van der Waals surface area contributed by atoms with E-state index in [4.69, 9.17) is 4.74 Å². The number of likely N-dealkylation sites (N-methyl/N-ethyl adjacent to an activating group) is 1. The largest absolute Gasteiger partial charge is 1.00 e. The average molecular weight is 421 g/mol. The molecule has 0 saturated carbocycles. The first-order valence-corrected chi connectivity index (χ1v) is 7.68. The molecule has 6 heteroatoms. The molecule has 0 saturated heterocycles. The lowest BCUT2D eigenvalue weighted by molar-refractivity contribution is -0.143. The van der Waals surface area contributed by atoms with Crippen molar-refractivity contribution >= 4 is 28.6 Å². The number of carbonyl (C=O) groups excluding carboxylic acids is 1. The zero-order valence-electron chi connectivity index (χ0n) is 11.3.